The van der Waals surface area contributed by atoms with Gasteiger partial charge in [0.2, 0.25) is 0 Å². The summed E-state index contributed by atoms with van der Waals surface area (Å²) in [7, 11) is 0. The van der Waals surface area contributed by atoms with E-state index < -0.39 is 81.9 Å². The summed E-state index contributed by atoms with van der Waals surface area (Å²) in [5.41, 5.74) is -3.79. The summed E-state index contributed by atoms with van der Waals surface area (Å²) >= 11 is 6.69. The number of hydrogen-bond acceptors (Lipinski definition) is 10. The van der Waals surface area contributed by atoms with Gasteiger partial charge in [0, 0.05) is 31.8 Å². The second kappa shape index (κ2) is 7.64. The van der Waals surface area contributed by atoms with Gasteiger partial charge in [-0.05, 0) is 19.8 Å². The van der Waals surface area contributed by atoms with Crippen LogP contribution in [-0.2, 0) is 38.1 Å². The molecule has 2 N–H and O–H groups in total. The Hall–Kier alpha value is -1.72. The van der Waals surface area contributed by atoms with E-state index in [0.29, 0.717) is 19.4 Å². The predicted molar refractivity (Wildman–Crippen MR) is 118 cm³/mol. The third-order valence-corrected chi connectivity index (χ3v) is 9.48. The van der Waals surface area contributed by atoms with Gasteiger partial charge in [-0.1, -0.05) is 13.5 Å². The van der Waals surface area contributed by atoms with Gasteiger partial charge in [-0.2, -0.15) is 0 Å². The highest BCUT2D eigenvalue weighted by Gasteiger charge is 2.79. The Bertz CT molecular complexity index is 995. The lowest BCUT2D eigenvalue weighted by molar-refractivity contribution is -0.352. The highest BCUT2D eigenvalue weighted by molar-refractivity contribution is 6.23. The fourth-order valence-corrected chi connectivity index (χ4v) is 7.57. The first-order valence-corrected chi connectivity index (χ1v) is 12.3. The zero-order valence-corrected chi connectivity index (χ0v) is 20.9. The van der Waals surface area contributed by atoms with E-state index in [0.717, 1.165) is 0 Å². The number of aliphatic hydroxyl groups excluding tert-OH is 1. The Morgan fingerprint density at radius 2 is 1.80 bits per heavy atom. The summed E-state index contributed by atoms with van der Waals surface area (Å²) in [5, 5.41) is 22.9. The van der Waals surface area contributed by atoms with Crippen LogP contribution in [0, 0.1) is 17.3 Å². The fraction of sp³-hybridized carbons (Fsp3) is 0.792. The molecule has 0 radical (unpaired) electrons. The van der Waals surface area contributed by atoms with E-state index in [4.69, 9.17) is 35.3 Å². The predicted octanol–water partition coefficient (Wildman–Crippen LogP) is 0.982. The number of carbonyl (C=O) groups excluding carboxylic acids is 3. The van der Waals surface area contributed by atoms with E-state index in [2.05, 4.69) is 6.58 Å². The van der Waals surface area contributed by atoms with E-state index in [1.165, 1.54) is 13.8 Å². The van der Waals surface area contributed by atoms with Crippen molar-refractivity contribution in [2.75, 3.05) is 6.61 Å². The molecule has 5 rings (SSSR count). The maximum absolute atomic E-state index is 12.8. The van der Waals surface area contributed by atoms with Crippen molar-refractivity contribution in [1.82, 2.24) is 0 Å². The molecule has 11 heteroatoms. The minimum atomic E-state index is -2.17. The minimum Gasteiger partial charge on any atom is -0.462 e. The molecule has 10 nitrogen and oxygen atoms in total. The molecule has 4 saturated heterocycles. The van der Waals surface area contributed by atoms with E-state index in [9.17, 15) is 24.6 Å². The van der Waals surface area contributed by atoms with Crippen LogP contribution in [-0.4, -0.2) is 81.5 Å². The average molecular weight is 515 g/mol. The lowest BCUT2D eigenvalue weighted by Gasteiger charge is -2.62. The second-order valence-electron chi connectivity index (χ2n) is 10.8. The van der Waals surface area contributed by atoms with Gasteiger partial charge >= 0.3 is 17.9 Å². The van der Waals surface area contributed by atoms with Crippen molar-refractivity contribution in [3.05, 3.63) is 12.2 Å². The number of hydrogen-bond donors (Lipinski definition) is 2. The molecule has 4 heterocycles. The number of esters is 3. The summed E-state index contributed by atoms with van der Waals surface area (Å²) in [6.45, 7) is 10.0. The van der Waals surface area contributed by atoms with E-state index in [1.54, 1.807) is 13.8 Å². The van der Waals surface area contributed by atoms with Crippen molar-refractivity contribution >= 4 is 29.5 Å². The SMILES string of the molecule is C=C1[C@H](Cl)[C@@H]2OC(=O)[C@H](C)[C@]23OC1(O)C[C@H](OC(C)=O)[C@@]1(C)[C@@H](OC(C)=O)CC[C@]2(CO2)[C@@H]1[C@@H]3O. The quantitative estimate of drug-likeness (QED) is 0.180. The van der Waals surface area contributed by atoms with Crippen LogP contribution in [0.25, 0.3) is 0 Å². The first-order valence-electron chi connectivity index (χ1n) is 11.9. The third-order valence-electron chi connectivity index (χ3n) is 8.99. The summed E-state index contributed by atoms with van der Waals surface area (Å²) in [6, 6.07) is 0. The largest absolute Gasteiger partial charge is 0.462 e. The average Bonchev–Trinajstić information content (AvgIpc) is 3.48. The zero-order chi connectivity index (χ0) is 25.7. The molecule has 0 aromatic heterocycles. The molecule has 1 aliphatic carbocycles. The Labute approximate surface area is 207 Å². The molecule has 2 bridgehead atoms. The number of halogens is 1. The molecule has 0 aromatic rings. The molecule has 2 spiro atoms. The first-order chi connectivity index (χ1) is 16.2. The van der Waals surface area contributed by atoms with Crippen LogP contribution >= 0.6 is 11.6 Å². The molecule has 4 aliphatic heterocycles. The van der Waals surface area contributed by atoms with Gasteiger partial charge in [0.15, 0.2) is 11.9 Å². The molecule has 0 aromatic carbocycles. The molecule has 5 fully saturated rings. The number of aliphatic hydroxyl groups is 2. The van der Waals surface area contributed by atoms with Crippen LogP contribution in [0.1, 0.15) is 47.0 Å². The Morgan fingerprint density at radius 3 is 2.37 bits per heavy atom. The van der Waals surface area contributed by atoms with E-state index in [1.807, 2.05) is 0 Å². The topological polar surface area (TPSA) is 141 Å². The number of ether oxygens (including phenoxy) is 5. The van der Waals surface area contributed by atoms with E-state index in [-0.39, 0.29) is 12.0 Å². The molecular weight excluding hydrogens is 484 g/mol. The summed E-state index contributed by atoms with van der Waals surface area (Å²) in [5.74, 6) is -5.79. The highest BCUT2D eigenvalue weighted by atomic mass is 35.5. The molecule has 1 unspecified atom stereocenters. The number of rotatable bonds is 2. The van der Waals surface area contributed by atoms with Crippen LogP contribution in [0.4, 0.5) is 0 Å². The van der Waals surface area contributed by atoms with Gasteiger partial charge in [-0.25, -0.2) is 0 Å². The monoisotopic (exact) mass is 514 g/mol. The van der Waals surface area contributed by atoms with Crippen molar-refractivity contribution < 1.29 is 48.3 Å². The van der Waals surface area contributed by atoms with Gasteiger partial charge in [-0.3, -0.25) is 14.4 Å². The fourth-order valence-electron chi connectivity index (χ4n) is 7.15. The Morgan fingerprint density at radius 1 is 1.20 bits per heavy atom. The number of alkyl halides is 1. The molecule has 0 amide bonds. The molecule has 35 heavy (non-hydrogen) atoms. The van der Waals surface area contributed by atoms with Crippen LogP contribution in [0.15, 0.2) is 12.2 Å². The maximum atomic E-state index is 12.8. The second-order valence-corrected chi connectivity index (χ2v) is 11.3. The smallest absolute Gasteiger partial charge is 0.312 e. The summed E-state index contributed by atoms with van der Waals surface area (Å²) < 4.78 is 29.3. The normalized spacial score (nSPS) is 52.5. The van der Waals surface area contributed by atoms with Crippen molar-refractivity contribution in [2.45, 2.75) is 93.7 Å². The van der Waals surface area contributed by atoms with Gasteiger partial charge in [0.05, 0.1) is 35.0 Å². The first kappa shape index (κ1) is 25.0. The summed E-state index contributed by atoms with van der Waals surface area (Å²) in [6.07, 6.45) is -3.94. The molecule has 11 atom stereocenters. The van der Waals surface area contributed by atoms with Crippen molar-refractivity contribution in [3.8, 4) is 0 Å². The molecular formula is C24H31ClO10. The maximum Gasteiger partial charge on any atom is 0.312 e. The van der Waals surface area contributed by atoms with Gasteiger partial charge < -0.3 is 33.9 Å². The van der Waals surface area contributed by atoms with Gasteiger partial charge in [0.25, 0.3) is 0 Å². The minimum absolute atomic E-state index is 0.0188. The highest BCUT2D eigenvalue weighted by Crippen LogP contribution is 2.65. The van der Waals surface area contributed by atoms with Crippen LogP contribution in [0.5, 0.6) is 0 Å². The lowest BCUT2D eigenvalue weighted by Crippen LogP contribution is -2.76. The lowest BCUT2D eigenvalue weighted by atomic mass is 9.51. The molecule has 1 saturated carbocycles. The molecule has 194 valence electrons. The standard InChI is InChI=1S/C24H31ClO10/c1-10-16(25)19-24(11(2)20(29)34-19)18(28)17-21(5,15(33-13(4)27)8-23(10,30)35-24)14(32-12(3)26)6-7-22(17)9-31-22/h11,14-19,28,30H,1,6-9H2,2-5H3/t11-,14-,15-,16-,17+,18-,19-,21+,22-,23?,24+/m0/s1. The van der Waals surface area contributed by atoms with Crippen LogP contribution < -0.4 is 0 Å². The van der Waals surface area contributed by atoms with Crippen molar-refractivity contribution in [2.24, 2.45) is 17.3 Å². The Balaban J connectivity index is 1.76. The summed E-state index contributed by atoms with van der Waals surface area (Å²) in [4.78, 5) is 37.2. The van der Waals surface area contributed by atoms with E-state index >= 15 is 0 Å². The zero-order valence-electron chi connectivity index (χ0n) is 20.1. The van der Waals surface area contributed by atoms with Gasteiger partial charge in [0.1, 0.15) is 17.8 Å². The third kappa shape index (κ3) is 3.19. The van der Waals surface area contributed by atoms with Crippen LogP contribution in [0.2, 0.25) is 0 Å². The molecule has 5 aliphatic rings. The number of fused-ring (bicyclic) bond motifs is 3. The number of epoxide rings is 1. The van der Waals surface area contributed by atoms with Crippen LogP contribution in [0.3, 0.4) is 0 Å². The Kier molecular flexibility index (Phi) is 5.45. The van der Waals surface area contributed by atoms with Gasteiger partial charge in [-0.15, -0.1) is 11.6 Å². The van der Waals surface area contributed by atoms with Crippen molar-refractivity contribution in [3.63, 3.8) is 0 Å². The van der Waals surface area contributed by atoms with Crippen molar-refractivity contribution in [1.29, 1.82) is 0 Å². The number of carbonyl (C=O) groups is 3.